The molecule has 1 aliphatic rings. The van der Waals surface area contributed by atoms with Crippen LogP contribution >= 0.6 is 11.6 Å². The molecule has 1 amide bonds. The quantitative estimate of drug-likeness (QED) is 0.265. The number of nitro groups is 1. The molecule has 0 saturated carbocycles. The molecule has 3 aromatic rings. The Morgan fingerprint density at radius 1 is 1.06 bits per heavy atom. The molecule has 0 unspecified atom stereocenters. The monoisotopic (exact) mass is 448 g/mol. The van der Waals surface area contributed by atoms with Gasteiger partial charge in [-0.1, -0.05) is 72.3 Å². The number of rotatable bonds is 7. The molecule has 1 aliphatic carbocycles. The molecule has 0 heterocycles. The Labute approximate surface area is 190 Å². The molecule has 0 bridgehead atoms. The standard InChI is InChI=1S/C25H21ClN2O4/c26-24-15-18(28(30)31)13-12-17(24)7-5-6-14-27-25(29)32-16-23-21-10-3-1-8-19(21)20-9-2-4-11-22(20)23/h1-5,7-13,15,23H,6,14,16H2,(H,27,29). The Morgan fingerprint density at radius 2 is 1.72 bits per heavy atom. The van der Waals surface area contributed by atoms with Crippen LogP contribution in [0.4, 0.5) is 10.5 Å². The number of alkyl carbamates (subject to hydrolysis) is 1. The van der Waals surface area contributed by atoms with E-state index in [-0.39, 0.29) is 18.2 Å². The van der Waals surface area contributed by atoms with Crippen LogP contribution in [-0.4, -0.2) is 24.2 Å². The Balaban J connectivity index is 1.27. The maximum absolute atomic E-state index is 12.2. The molecule has 32 heavy (non-hydrogen) atoms. The van der Waals surface area contributed by atoms with E-state index in [0.29, 0.717) is 23.6 Å². The van der Waals surface area contributed by atoms with E-state index in [9.17, 15) is 14.9 Å². The van der Waals surface area contributed by atoms with Crippen molar-refractivity contribution >= 4 is 29.5 Å². The third kappa shape index (κ3) is 4.65. The summed E-state index contributed by atoms with van der Waals surface area (Å²) in [5.41, 5.74) is 5.34. The average molecular weight is 449 g/mol. The van der Waals surface area contributed by atoms with Crippen molar-refractivity contribution in [2.75, 3.05) is 13.2 Å². The number of non-ortho nitro benzene ring substituents is 1. The predicted molar refractivity (Wildman–Crippen MR) is 125 cm³/mol. The van der Waals surface area contributed by atoms with E-state index < -0.39 is 11.0 Å². The minimum atomic E-state index is -0.488. The van der Waals surface area contributed by atoms with Gasteiger partial charge < -0.3 is 10.1 Å². The second-order valence-electron chi connectivity index (χ2n) is 7.41. The van der Waals surface area contributed by atoms with Crippen LogP contribution in [0.15, 0.2) is 72.8 Å². The predicted octanol–water partition coefficient (Wildman–Crippen LogP) is 6.19. The van der Waals surface area contributed by atoms with Gasteiger partial charge in [-0.3, -0.25) is 10.1 Å². The van der Waals surface area contributed by atoms with Crippen LogP contribution in [-0.2, 0) is 4.74 Å². The zero-order chi connectivity index (χ0) is 22.5. The Kier molecular flexibility index (Phi) is 6.52. The molecule has 0 saturated heterocycles. The summed E-state index contributed by atoms with van der Waals surface area (Å²) in [6.07, 6.45) is 3.72. The van der Waals surface area contributed by atoms with Gasteiger partial charge in [-0.05, 0) is 40.3 Å². The second-order valence-corrected chi connectivity index (χ2v) is 7.81. The van der Waals surface area contributed by atoms with Crippen molar-refractivity contribution in [2.45, 2.75) is 12.3 Å². The van der Waals surface area contributed by atoms with Crippen molar-refractivity contribution in [1.82, 2.24) is 5.32 Å². The van der Waals surface area contributed by atoms with E-state index in [1.807, 2.05) is 30.3 Å². The van der Waals surface area contributed by atoms with Gasteiger partial charge in [0.2, 0.25) is 0 Å². The van der Waals surface area contributed by atoms with E-state index in [1.165, 1.54) is 34.4 Å². The average Bonchev–Trinajstić information content (AvgIpc) is 3.12. The van der Waals surface area contributed by atoms with Gasteiger partial charge in [-0.2, -0.15) is 0 Å². The van der Waals surface area contributed by atoms with Crippen molar-refractivity contribution in [3.63, 3.8) is 0 Å². The van der Waals surface area contributed by atoms with E-state index in [0.717, 1.165) is 0 Å². The van der Waals surface area contributed by atoms with Crippen LogP contribution in [0.25, 0.3) is 17.2 Å². The molecular formula is C25H21ClN2O4. The van der Waals surface area contributed by atoms with Crippen LogP contribution in [0, 0.1) is 10.1 Å². The highest BCUT2D eigenvalue weighted by Gasteiger charge is 2.28. The van der Waals surface area contributed by atoms with Gasteiger partial charge in [0.15, 0.2) is 0 Å². The zero-order valence-electron chi connectivity index (χ0n) is 17.2. The van der Waals surface area contributed by atoms with Crippen molar-refractivity contribution in [1.29, 1.82) is 0 Å². The molecule has 1 N–H and O–H groups in total. The lowest BCUT2D eigenvalue weighted by Crippen LogP contribution is -2.26. The fraction of sp³-hybridized carbons (Fsp3) is 0.160. The number of carbonyl (C=O) groups excluding carboxylic acids is 1. The minimum absolute atomic E-state index is 0.0253. The first-order chi connectivity index (χ1) is 15.5. The molecule has 7 heteroatoms. The first-order valence-electron chi connectivity index (χ1n) is 10.2. The van der Waals surface area contributed by atoms with Crippen LogP contribution in [0.2, 0.25) is 5.02 Å². The number of nitro benzene ring substituents is 1. The summed E-state index contributed by atoms with van der Waals surface area (Å²) in [4.78, 5) is 22.4. The fourth-order valence-corrected chi connectivity index (χ4v) is 4.12. The molecule has 0 radical (unpaired) electrons. The van der Waals surface area contributed by atoms with Crippen LogP contribution in [0.3, 0.4) is 0 Å². The lowest BCUT2D eigenvalue weighted by Gasteiger charge is -2.14. The molecule has 0 aliphatic heterocycles. The molecule has 0 spiro atoms. The largest absolute Gasteiger partial charge is 0.449 e. The highest BCUT2D eigenvalue weighted by atomic mass is 35.5. The topological polar surface area (TPSA) is 81.5 Å². The van der Waals surface area contributed by atoms with Gasteiger partial charge in [0.05, 0.1) is 9.95 Å². The van der Waals surface area contributed by atoms with Gasteiger partial charge in [-0.15, -0.1) is 0 Å². The molecule has 0 atom stereocenters. The van der Waals surface area contributed by atoms with E-state index in [4.69, 9.17) is 16.3 Å². The number of nitrogens with zero attached hydrogens (tertiary/aromatic N) is 1. The van der Waals surface area contributed by atoms with E-state index in [2.05, 4.69) is 29.6 Å². The number of hydrogen-bond donors (Lipinski definition) is 1. The third-order valence-electron chi connectivity index (χ3n) is 5.42. The lowest BCUT2D eigenvalue weighted by molar-refractivity contribution is -0.384. The number of carbonyl (C=O) groups is 1. The Bertz CT molecular complexity index is 1150. The SMILES string of the molecule is O=C(NCCC=Cc1ccc([N+](=O)[O-])cc1Cl)OCC1c2ccccc2-c2ccccc21. The summed E-state index contributed by atoms with van der Waals surface area (Å²) in [6, 6.07) is 20.7. The highest BCUT2D eigenvalue weighted by Crippen LogP contribution is 2.44. The van der Waals surface area contributed by atoms with Crippen molar-refractivity contribution in [3.05, 3.63) is 105 Å². The maximum atomic E-state index is 12.2. The Morgan fingerprint density at radius 3 is 2.34 bits per heavy atom. The van der Waals surface area contributed by atoms with Gasteiger partial charge in [0, 0.05) is 24.6 Å². The lowest BCUT2D eigenvalue weighted by atomic mass is 9.98. The van der Waals surface area contributed by atoms with Crippen LogP contribution in [0.5, 0.6) is 0 Å². The third-order valence-corrected chi connectivity index (χ3v) is 5.74. The number of nitrogens with one attached hydrogen (secondary N) is 1. The normalized spacial score (nSPS) is 12.4. The van der Waals surface area contributed by atoms with E-state index >= 15 is 0 Å². The van der Waals surface area contributed by atoms with Gasteiger partial charge in [0.1, 0.15) is 6.61 Å². The van der Waals surface area contributed by atoms with Gasteiger partial charge in [0.25, 0.3) is 5.69 Å². The first-order valence-corrected chi connectivity index (χ1v) is 10.6. The number of amides is 1. The number of ether oxygens (including phenoxy) is 1. The van der Waals surface area contributed by atoms with Gasteiger partial charge in [-0.25, -0.2) is 4.79 Å². The zero-order valence-corrected chi connectivity index (χ0v) is 17.9. The summed E-state index contributed by atoms with van der Waals surface area (Å²) >= 11 is 6.07. The first kappa shape index (κ1) is 21.6. The number of fused-ring (bicyclic) bond motifs is 3. The summed E-state index contributed by atoms with van der Waals surface area (Å²) < 4.78 is 5.50. The molecule has 4 rings (SSSR count). The van der Waals surface area contributed by atoms with E-state index in [1.54, 1.807) is 12.1 Å². The number of halogens is 1. The molecule has 0 aromatic heterocycles. The molecule has 3 aromatic carbocycles. The van der Waals surface area contributed by atoms with Crippen LogP contribution in [0.1, 0.15) is 29.0 Å². The van der Waals surface area contributed by atoms with Crippen molar-refractivity contribution in [2.24, 2.45) is 0 Å². The Hall–Kier alpha value is -3.64. The van der Waals surface area contributed by atoms with Crippen molar-refractivity contribution in [3.8, 4) is 11.1 Å². The summed E-state index contributed by atoms with van der Waals surface area (Å²) in [7, 11) is 0. The molecule has 6 nitrogen and oxygen atoms in total. The summed E-state index contributed by atoms with van der Waals surface area (Å²) in [5.74, 6) is 0.0253. The van der Waals surface area contributed by atoms with Gasteiger partial charge >= 0.3 is 6.09 Å². The summed E-state index contributed by atoms with van der Waals surface area (Å²) in [6.45, 7) is 0.672. The number of benzene rings is 3. The summed E-state index contributed by atoms with van der Waals surface area (Å²) in [5, 5.41) is 13.8. The molecule has 0 fully saturated rings. The van der Waals surface area contributed by atoms with Crippen LogP contribution < -0.4 is 5.32 Å². The second kappa shape index (κ2) is 9.66. The maximum Gasteiger partial charge on any atom is 0.407 e. The fourth-order valence-electron chi connectivity index (χ4n) is 3.88. The smallest absolute Gasteiger partial charge is 0.407 e. The molecule has 162 valence electrons. The highest BCUT2D eigenvalue weighted by molar-refractivity contribution is 6.32. The van der Waals surface area contributed by atoms with Crippen molar-refractivity contribution < 1.29 is 14.5 Å². The number of hydrogen-bond acceptors (Lipinski definition) is 4. The molecular weight excluding hydrogens is 428 g/mol. The minimum Gasteiger partial charge on any atom is -0.449 e.